The number of nitrogens with zero attached hydrogens (tertiary/aromatic N) is 1. The summed E-state index contributed by atoms with van der Waals surface area (Å²) in [7, 11) is -3.76. The largest absolute Gasteiger partial charge is 0.231 e. The first-order valence-electron chi connectivity index (χ1n) is 4.87. The average molecular weight is 236 g/mol. The molecule has 4 heteroatoms. The molecule has 84 valence electrons. The molecule has 1 atom stereocenters. The second-order valence-corrected chi connectivity index (χ2v) is 5.00. The van der Waals surface area contributed by atoms with Crippen LogP contribution in [0, 0.1) is 0 Å². The van der Waals surface area contributed by atoms with Crippen molar-refractivity contribution in [1.82, 2.24) is 0 Å². The van der Waals surface area contributed by atoms with E-state index in [4.69, 9.17) is 0 Å². The van der Waals surface area contributed by atoms with Crippen LogP contribution in [0.25, 0.3) is 0 Å². The third-order valence-corrected chi connectivity index (χ3v) is 3.49. The van der Waals surface area contributed by atoms with E-state index in [1.807, 2.05) is 24.3 Å². The van der Waals surface area contributed by atoms with Gasteiger partial charge in [0.2, 0.25) is 10.1 Å². The highest BCUT2D eigenvalue weighted by molar-refractivity contribution is 7.88. The van der Waals surface area contributed by atoms with Crippen molar-refractivity contribution in [3.05, 3.63) is 60.2 Å². The van der Waals surface area contributed by atoms with Crippen LogP contribution in [0.15, 0.2) is 63.9 Å². The molecule has 2 nitrogen and oxygen atoms in total. The molecule has 16 heavy (non-hydrogen) atoms. The molecular weight excluding hydrogens is 225 g/mol. The molecule has 0 heterocycles. The molecule has 0 saturated heterocycles. The maximum absolute atomic E-state index is 13.8. The maximum Gasteiger partial charge on any atom is 0.231 e. The first-order valence-corrected chi connectivity index (χ1v) is 6.28. The standard InChI is InChI=1S/C12H11FNOS/c13-16(15,12-8-2-1-3-9-12)14-10-11-6-4-5-7-11/h1-9H,10H2/q-1. The van der Waals surface area contributed by atoms with E-state index in [0.29, 0.717) is 0 Å². The third-order valence-electron chi connectivity index (χ3n) is 2.18. The van der Waals surface area contributed by atoms with Gasteiger partial charge < -0.3 is 0 Å². The van der Waals surface area contributed by atoms with Gasteiger partial charge in [-0.2, -0.15) is 12.1 Å². The van der Waals surface area contributed by atoms with Gasteiger partial charge in [-0.3, -0.25) is 0 Å². The molecular formula is C12H11FNOS-. The zero-order valence-electron chi connectivity index (χ0n) is 8.54. The Morgan fingerprint density at radius 3 is 2.56 bits per heavy atom. The number of halogens is 1. The molecule has 0 amide bonds. The van der Waals surface area contributed by atoms with E-state index in [2.05, 4.69) is 4.36 Å². The molecule has 2 rings (SSSR count). The van der Waals surface area contributed by atoms with Gasteiger partial charge in [0.15, 0.2) is 0 Å². The molecule has 1 unspecified atom stereocenters. The van der Waals surface area contributed by atoms with E-state index < -0.39 is 10.1 Å². The van der Waals surface area contributed by atoms with Gasteiger partial charge in [0.1, 0.15) is 0 Å². The smallest absolute Gasteiger partial charge is 0.213 e. The number of hydrogen-bond acceptors (Lipinski definition) is 2. The summed E-state index contributed by atoms with van der Waals surface area (Å²) in [5, 5.41) is 0. The Morgan fingerprint density at radius 1 is 1.19 bits per heavy atom. The highest BCUT2D eigenvalue weighted by Crippen LogP contribution is 2.16. The van der Waals surface area contributed by atoms with Gasteiger partial charge in [-0.1, -0.05) is 18.2 Å². The molecule has 0 fully saturated rings. The molecule has 0 spiro atoms. The van der Waals surface area contributed by atoms with Crippen molar-refractivity contribution < 1.29 is 8.09 Å². The van der Waals surface area contributed by atoms with Crippen molar-refractivity contribution in [2.75, 3.05) is 0 Å². The van der Waals surface area contributed by atoms with Crippen molar-refractivity contribution in [3.63, 3.8) is 0 Å². The van der Waals surface area contributed by atoms with Gasteiger partial charge >= 0.3 is 0 Å². The fraction of sp³-hybridized carbons (Fsp3) is 0.0833. The monoisotopic (exact) mass is 236 g/mol. The highest BCUT2D eigenvalue weighted by Gasteiger charge is 2.08. The molecule has 2 aromatic rings. The van der Waals surface area contributed by atoms with Crippen LogP contribution in [-0.2, 0) is 16.7 Å². The fourth-order valence-corrected chi connectivity index (χ4v) is 2.30. The molecule has 0 N–H and O–H groups in total. The maximum atomic E-state index is 13.8. The Hall–Kier alpha value is -1.55. The summed E-state index contributed by atoms with van der Waals surface area (Å²) < 4.78 is 29.1. The molecule has 0 aromatic heterocycles. The molecule has 0 bridgehead atoms. The van der Waals surface area contributed by atoms with Crippen LogP contribution >= 0.6 is 0 Å². The lowest BCUT2D eigenvalue weighted by molar-refractivity contribution is 0.635. The Morgan fingerprint density at radius 2 is 1.94 bits per heavy atom. The molecule has 0 saturated carbocycles. The van der Waals surface area contributed by atoms with Crippen LogP contribution in [-0.4, -0.2) is 4.21 Å². The summed E-state index contributed by atoms with van der Waals surface area (Å²) in [5.41, 5.74) is 0.862. The molecule has 0 aliphatic carbocycles. The summed E-state index contributed by atoms with van der Waals surface area (Å²) in [4.78, 5) is 0.126. The van der Waals surface area contributed by atoms with E-state index in [0.717, 1.165) is 5.56 Å². The van der Waals surface area contributed by atoms with Crippen molar-refractivity contribution in [2.45, 2.75) is 11.4 Å². The van der Waals surface area contributed by atoms with Crippen molar-refractivity contribution in [3.8, 4) is 0 Å². The fourth-order valence-electron chi connectivity index (χ4n) is 1.34. The average Bonchev–Trinajstić information content (AvgIpc) is 2.81. The highest BCUT2D eigenvalue weighted by atomic mass is 32.3. The first-order chi connectivity index (χ1) is 7.68. The van der Waals surface area contributed by atoms with E-state index >= 15 is 0 Å². The van der Waals surface area contributed by atoms with Gasteiger partial charge in [-0.15, -0.1) is 9.45 Å². The van der Waals surface area contributed by atoms with Crippen LogP contribution in [0.4, 0.5) is 3.89 Å². The van der Waals surface area contributed by atoms with Gasteiger partial charge in [0, 0.05) is 0 Å². The summed E-state index contributed by atoms with van der Waals surface area (Å²) in [6.07, 6.45) is 0. The van der Waals surface area contributed by atoms with Crippen LogP contribution in [0.2, 0.25) is 0 Å². The lowest BCUT2D eigenvalue weighted by Crippen LogP contribution is -1.92. The SMILES string of the molecule is O=S(F)(=NCc1ccc[cH-]1)c1ccccc1. The minimum Gasteiger partial charge on any atom is -0.213 e. The molecule has 0 radical (unpaired) electrons. The van der Waals surface area contributed by atoms with E-state index in [1.54, 1.807) is 18.2 Å². The molecule has 0 aliphatic rings. The second kappa shape index (κ2) is 4.53. The Bertz CT molecular complexity index is 554. The van der Waals surface area contributed by atoms with E-state index in [9.17, 15) is 8.09 Å². The van der Waals surface area contributed by atoms with E-state index in [1.165, 1.54) is 12.1 Å². The second-order valence-electron chi connectivity index (χ2n) is 3.35. The van der Waals surface area contributed by atoms with Crippen molar-refractivity contribution in [1.29, 1.82) is 0 Å². The van der Waals surface area contributed by atoms with Crippen LogP contribution in [0.3, 0.4) is 0 Å². The Kier molecular flexibility index (Phi) is 3.10. The van der Waals surface area contributed by atoms with Crippen LogP contribution in [0.5, 0.6) is 0 Å². The van der Waals surface area contributed by atoms with Crippen LogP contribution < -0.4 is 0 Å². The number of hydrogen-bond donors (Lipinski definition) is 0. The lowest BCUT2D eigenvalue weighted by atomic mass is 10.3. The van der Waals surface area contributed by atoms with Gasteiger partial charge in [0.25, 0.3) is 0 Å². The minimum atomic E-state index is -3.76. The predicted molar refractivity (Wildman–Crippen MR) is 62.1 cm³/mol. The topological polar surface area (TPSA) is 29.4 Å². The summed E-state index contributed by atoms with van der Waals surface area (Å²) in [6.45, 7) is 0.136. The molecule has 2 aromatic carbocycles. The van der Waals surface area contributed by atoms with Crippen molar-refractivity contribution in [2.24, 2.45) is 4.36 Å². The van der Waals surface area contributed by atoms with Gasteiger partial charge in [-0.05, 0) is 12.1 Å². The van der Waals surface area contributed by atoms with Crippen LogP contribution in [0.1, 0.15) is 5.56 Å². The normalized spacial score (nSPS) is 14.3. The van der Waals surface area contributed by atoms with Gasteiger partial charge in [0.05, 0.1) is 11.4 Å². The zero-order chi connectivity index (χ0) is 11.4. The van der Waals surface area contributed by atoms with E-state index in [-0.39, 0.29) is 11.4 Å². The van der Waals surface area contributed by atoms with Crippen molar-refractivity contribution >= 4 is 10.1 Å². The summed E-state index contributed by atoms with van der Waals surface area (Å²) >= 11 is 0. The van der Waals surface area contributed by atoms with Gasteiger partial charge in [-0.25, -0.2) is 20.7 Å². The number of rotatable bonds is 3. The quantitative estimate of drug-likeness (QED) is 0.593. The Labute approximate surface area is 94.6 Å². The minimum absolute atomic E-state index is 0.126. The number of benzene rings is 1. The third kappa shape index (κ3) is 2.52. The Balaban J connectivity index is 2.26. The predicted octanol–water partition coefficient (Wildman–Crippen LogP) is 3.32. The molecule has 0 aliphatic heterocycles. The summed E-state index contributed by atoms with van der Waals surface area (Å²) in [5.74, 6) is 0. The first kappa shape index (κ1) is 11.0. The zero-order valence-corrected chi connectivity index (χ0v) is 9.36. The summed E-state index contributed by atoms with van der Waals surface area (Å²) in [6, 6.07) is 15.3. The lowest BCUT2D eigenvalue weighted by Gasteiger charge is -2.01.